The Morgan fingerprint density at radius 2 is 1.35 bits per heavy atom. The first kappa shape index (κ1) is 23.8. The van der Waals surface area contributed by atoms with Gasteiger partial charge in [0.15, 0.2) is 0 Å². The first-order valence-electron chi connectivity index (χ1n) is 11.0. The standard InChI is InChI=1S/C27H25F3O4/c1-32-26(27(28,29)30,21-10-6-3-7-11-21)25(31)34-24-17-16-23(18-24)33-22-14-12-20(13-15-22)19-8-4-2-5-9-19/h2-15,23-24H,16-18H2,1H3/t23-,24-,26+/m0/s1. The van der Waals surface area contributed by atoms with Crippen LogP contribution in [0, 0.1) is 0 Å². The van der Waals surface area contributed by atoms with Gasteiger partial charge in [-0.1, -0.05) is 72.8 Å². The Labute approximate surface area is 196 Å². The first-order valence-corrected chi connectivity index (χ1v) is 11.0. The van der Waals surface area contributed by atoms with Crippen LogP contribution < -0.4 is 4.74 Å². The van der Waals surface area contributed by atoms with E-state index in [4.69, 9.17) is 14.2 Å². The van der Waals surface area contributed by atoms with Crippen molar-refractivity contribution in [2.75, 3.05) is 7.11 Å². The van der Waals surface area contributed by atoms with E-state index in [0.29, 0.717) is 25.0 Å². The van der Waals surface area contributed by atoms with Crippen LogP contribution in [-0.2, 0) is 19.9 Å². The molecule has 0 radical (unpaired) electrons. The van der Waals surface area contributed by atoms with Crippen molar-refractivity contribution in [1.82, 2.24) is 0 Å². The van der Waals surface area contributed by atoms with Crippen molar-refractivity contribution in [3.05, 3.63) is 90.5 Å². The normalized spacial score (nSPS) is 19.9. The molecule has 0 amide bonds. The second kappa shape index (κ2) is 9.89. The number of hydrogen-bond acceptors (Lipinski definition) is 4. The Morgan fingerprint density at radius 3 is 1.94 bits per heavy atom. The molecule has 0 spiro atoms. The lowest BCUT2D eigenvalue weighted by molar-refractivity contribution is -0.278. The van der Waals surface area contributed by atoms with Gasteiger partial charge in [0.1, 0.15) is 18.0 Å². The van der Waals surface area contributed by atoms with E-state index < -0.39 is 23.9 Å². The molecule has 1 saturated carbocycles. The molecule has 34 heavy (non-hydrogen) atoms. The van der Waals surface area contributed by atoms with Crippen LogP contribution >= 0.6 is 0 Å². The summed E-state index contributed by atoms with van der Waals surface area (Å²) in [5.74, 6) is -0.811. The molecule has 1 aliphatic carbocycles. The molecular weight excluding hydrogens is 445 g/mol. The zero-order chi connectivity index (χ0) is 24.2. The van der Waals surface area contributed by atoms with Crippen LogP contribution in [0.1, 0.15) is 24.8 Å². The first-order chi connectivity index (χ1) is 16.3. The van der Waals surface area contributed by atoms with Crippen LogP contribution in [0.15, 0.2) is 84.9 Å². The Morgan fingerprint density at radius 1 is 0.794 bits per heavy atom. The number of esters is 1. The van der Waals surface area contributed by atoms with Crippen molar-refractivity contribution in [1.29, 1.82) is 0 Å². The third-order valence-corrected chi connectivity index (χ3v) is 6.05. The zero-order valence-corrected chi connectivity index (χ0v) is 18.6. The van der Waals surface area contributed by atoms with Crippen molar-refractivity contribution in [2.45, 2.75) is 43.2 Å². The summed E-state index contributed by atoms with van der Waals surface area (Å²) in [6, 6.07) is 24.4. The van der Waals surface area contributed by atoms with Crippen molar-refractivity contribution in [2.24, 2.45) is 0 Å². The molecule has 4 rings (SSSR count). The number of halogens is 3. The summed E-state index contributed by atoms with van der Waals surface area (Å²) in [6.07, 6.45) is -4.67. The number of hydrogen-bond donors (Lipinski definition) is 0. The van der Waals surface area contributed by atoms with Crippen molar-refractivity contribution < 1.29 is 32.2 Å². The van der Waals surface area contributed by atoms with E-state index in [9.17, 15) is 18.0 Å². The van der Waals surface area contributed by atoms with Gasteiger partial charge in [-0.05, 0) is 36.1 Å². The summed E-state index contributed by atoms with van der Waals surface area (Å²) in [7, 11) is 0.863. The molecule has 0 bridgehead atoms. The quantitative estimate of drug-likeness (QED) is 0.380. The van der Waals surface area contributed by atoms with Crippen LogP contribution in [0.3, 0.4) is 0 Å². The van der Waals surface area contributed by atoms with E-state index in [0.717, 1.165) is 18.2 Å². The number of carbonyl (C=O) groups excluding carboxylic acids is 1. The molecule has 0 unspecified atom stereocenters. The highest BCUT2D eigenvalue weighted by molar-refractivity contribution is 5.83. The minimum atomic E-state index is -4.99. The highest BCUT2D eigenvalue weighted by atomic mass is 19.4. The fraction of sp³-hybridized carbons (Fsp3) is 0.296. The summed E-state index contributed by atoms with van der Waals surface area (Å²) < 4.78 is 58.3. The molecule has 1 aliphatic rings. The highest BCUT2D eigenvalue weighted by Crippen LogP contribution is 2.44. The Hall–Kier alpha value is -3.32. The third kappa shape index (κ3) is 4.80. The van der Waals surface area contributed by atoms with Gasteiger partial charge in [-0.25, -0.2) is 4.79 Å². The maximum atomic E-state index is 14.1. The van der Waals surface area contributed by atoms with Gasteiger partial charge in [0, 0.05) is 19.1 Å². The number of alkyl halides is 3. The predicted octanol–water partition coefficient (Wildman–Crippen LogP) is 6.30. The third-order valence-electron chi connectivity index (χ3n) is 6.05. The molecular formula is C27H25F3O4. The molecule has 0 N–H and O–H groups in total. The molecule has 7 heteroatoms. The average molecular weight is 470 g/mol. The van der Waals surface area contributed by atoms with Gasteiger partial charge >= 0.3 is 12.1 Å². The summed E-state index contributed by atoms with van der Waals surface area (Å²) in [5.41, 5.74) is -1.36. The molecule has 0 heterocycles. The van der Waals surface area contributed by atoms with E-state index in [1.807, 2.05) is 54.6 Å². The number of carbonyl (C=O) groups is 1. The van der Waals surface area contributed by atoms with Gasteiger partial charge in [-0.2, -0.15) is 13.2 Å². The van der Waals surface area contributed by atoms with Crippen LogP contribution in [0.2, 0.25) is 0 Å². The fourth-order valence-corrected chi connectivity index (χ4v) is 4.29. The number of ether oxygens (including phenoxy) is 3. The van der Waals surface area contributed by atoms with Gasteiger partial charge in [0.25, 0.3) is 5.60 Å². The van der Waals surface area contributed by atoms with E-state index in [-0.39, 0.29) is 11.7 Å². The van der Waals surface area contributed by atoms with E-state index >= 15 is 0 Å². The molecule has 0 aromatic heterocycles. The highest BCUT2D eigenvalue weighted by Gasteiger charge is 2.64. The average Bonchev–Trinajstić information content (AvgIpc) is 3.27. The van der Waals surface area contributed by atoms with Crippen molar-refractivity contribution >= 4 is 5.97 Å². The molecule has 1 fully saturated rings. The van der Waals surface area contributed by atoms with Gasteiger partial charge in [0.05, 0.1) is 0 Å². The van der Waals surface area contributed by atoms with Gasteiger partial charge in [0.2, 0.25) is 0 Å². The van der Waals surface area contributed by atoms with Crippen LogP contribution in [0.25, 0.3) is 11.1 Å². The number of methoxy groups -OCH3 is 1. The maximum absolute atomic E-state index is 14.1. The molecule has 3 aromatic carbocycles. The second-order valence-corrected chi connectivity index (χ2v) is 8.22. The van der Waals surface area contributed by atoms with E-state index in [1.54, 1.807) is 6.07 Å². The van der Waals surface area contributed by atoms with Crippen LogP contribution in [0.4, 0.5) is 13.2 Å². The summed E-state index contributed by atoms with van der Waals surface area (Å²) in [4.78, 5) is 12.8. The van der Waals surface area contributed by atoms with Crippen LogP contribution in [-0.4, -0.2) is 31.5 Å². The number of rotatable bonds is 7. The van der Waals surface area contributed by atoms with Crippen LogP contribution in [0.5, 0.6) is 5.75 Å². The van der Waals surface area contributed by atoms with Gasteiger partial charge < -0.3 is 14.2 Å². The SMILES string of the molecule is CO[C@@](C(=O)O[C@H]1CC[C@H](Oc2ccc(-c3ccccc3)cc2)C1)(c1ccccc1)C(F)(F)F. The Balaban J connectivity index is 1.41. The molecule has 178 valence electrons. The minimum Gasteiger partial charge on any atom is -0.490 e. The second-order valence-electron chi connectivity index (χ2n) is 8.22. The molecule has 0 saturated heterocycles. The summed E-state index contributed by atoms with van der Waals surface area (Å²) in [5, 5.41) is 0. The monoisotopic (exact) mass is 470 g/mol. The molecule has 4 nitrogen and oxygen atoms in total. The fourth-order valence-electron chi connectivity index (χ4n) is 4.29. The molecule has 3 atom stereocenters. The molecule has 3 aromatic rings. The van der Waals surface area contributed by atoms with E-state index in [1.165, 1.54) is 24.3 Å². The Kier molecular flexibility index (Phi) is 6.93. The summed E-state index contributed by atoms with van der Waals surface area (Å²) in [6.45, 7) is 0. The Bertz CT molecular complexity index is 1080. The lowest BCUT2D eigenvalue weighted by atomic mass is 9.92. The van der Waals surface area contributed by atoms with Gasteiger partial charge in [-0.15, -0.1) is 0 Å². The van der Waals surface area contributed by atoms with Crippen molar-refractivity contribution in [3.63, 3.8) is 0 Å². The van der Waals surface area contributed by atoms with E-state index in [2.05, 4.69) is 0 Å². The van der Waals surface area contributed by atoms with Gasteiger partial charge in [-0.3, -0.25) is 0 Å². The largest absolute Gasteiger partial charge is 0.490 e. The number of benzene rings is 3. The topological polar surface area (TPSA) is 44.8 Å². The molecule has 0 aliphatic heterocycles. The predicted molar refractivity (Wildman–Crippen MR) is 121 cm³/mol. The van der Waals surface area contributed by atoms with Crippen molar-refractivity contribution in [3.8, 4) is 16.9 Å². The lowest BCUT2D eigenvalue weighted by Crippen LogP contribution is -2.52. The minimum absolute atomic E-state index is 0.264. The zero-order valence-electron chi connectivity index (χ0n) is 18.6. The lowest BCUT2D eigenvalue weighted by Gasteiger charge is -2.33. The summed E-state index contributed by atoms with van der Waals surface area (Å²) >= 11 is 0. The maximum Gasteiger partial charge on any atom is 0.432 e. The smallest absolute Gasteiger partial charge is 0.432 e.